The summed E-state index contributed by atoms with van der Waals surface area (Å²) in [6.07, 6.45) is 2.06. The van der Waals surface area contributed by atoms with Gasteiger partial charge in [0.1, 0.15) is 0 Å². The topological polar surface area (TPSA) is 88.4 Å². The third-order valence-corrected chi connectivity index (χ3v) is 6.06. The minimum absolute atomic E-state index is 0.440. The second-order valence-electron chi connectivity index (χ2n) is 8.20. The molecule has 0 bridgehead atoms. The van der Waals surface area contributed by atoms with Gasteiger partial charge in [0.15, 0.2) is 11.5 Å². The first kappa shape index (κ1) is 24.8. The van der Waals surface area contributed by atoms with Gasteiger partial charge in [0.2, 0.25) is 5.82 Å². The molecule has 0 amide bonds. The highest BCUT2D eigenvalue weighted by atomic mass is 16.5. The molecule has 4 rings (SSSR count). The van der Waals surface area contributed by atoms with Crippen LogP contribution in [0.2, 0.25) is 0 Å². The number of hydrogen-bond donors (Lipinski definition) is 2. The van der Waals surface area contributed by atoms with Gasteiger partial charge in [0.25, 0.3) is 5.89 Å². The molecule has 0 spiro atoms. The van der Waals surface area contributed by atoms with Crippen LogP contribution in [-0.4, -0.2) is 59.4 Å². The highest BCUT2D eigenvalue weighted by Crippen LogP contribution is 2.34. The summed E-state index contributed by atoms with van der Waals surface area (Å²) >= 11 is 0. The van der Waals surface area contributed by atoms with E-state index in [0.29, 0.717) is 36.4 Å². The largest absolute Gasteiger partial charge is 0.490 e. The van der Waals surface area contributed by atoms with Crippen molar-refractivity contribution in [2.24, 2.45) is 0 Å². The van der Waals surface area contributed by atoms with Crippen LogP contribution in [-0.2, 0) is 6.54 Å². The summed E-state index contributed by atoms with van der Waals surface area (Å²) in [7, 11) is 0. The average Bonchev–Trinajstić information content (AvgIpc) is 3.53. The van der Waals surface area contributed by atoms with Crippen LogP contribution in [0.5, 0.6) is 11.5 Å². The van der Waals surface area contributed by atoms with Gasteiger partial charge in [-0.1, -0.05) is 31.1 Å². The molecule has 0 saturated carbocycles. The molecule has 8 nitrogen and oxygen atoms in total. The van der Waals surface area contributed by atoms with Crippen molar-refractivity contribution in [3.63, 3.8) is 0 Å². The van der Waals surface area contributed by atoms with Crippen molar-refractivity contribution in [2.75, 3.05) is 39.4 Å². The Balaban J connectivity index is 1.58. The van der Waals surface area contributed by atoms with Crippen molar-refractivity contribution in [2.45, 2.75) is 34.2 Å². The van der Waals surface area contributed by atoms with Crippen molar-refractivity contribution in [1.82, 2.24) is 25.3 Å². The molecule has 8 heteroatoms. The van der Waals surface area contributed by atoms with E-state index in [1.165, 1.54) is 5.56 Å². The number of ether oxygens (including phenoxy) is 2. The molecule has 35 heavy (non-hydrogen) atoms. The van der Waals surface area contributed by atoms with Crippen LogP contribution in [0.25, 0.3) is 33.7 Å². The van der Waals surface area contributed by atoms with E-state index in [-0.39, 0.29) is 0 Å². The van der Waals surface area contributed by atoms with Crippen LogP contribution >= 0.6 is 0 Å². The molecule has 0 radical (unpaired) electrons. The van der Waals surface area contributed by atoms with E-state index < -0.39 is 0 Å². The van der Waals surface area contributed by atoms with E-state index in [2.05, 4.69) is 46.5 Å². The summed E-state index contributed by atoms with van der Waals surface area (Å²) < 4.78 is 17.1. The first-order valence-electron chi connectivity index (χ1n) is 12.4. The molecular weight excluding hydrogens is 442 g/mol. The maximum atomic E-state index is 5.75. The smallest absolute Gasteiger partial charge is 0.258 e. The number of hydrogen-bond acceptors (Lipinski definition) is 7. The van der Waals surface area contributed by atoms with Gasteiger partial charge in [-0.3, -0.25) is 0 Å². The van der Waals surface area contributed by atoms with Gasteiger partial charge in [-0.2, -0.15) is 4.98 Å². The van der Waals surface area contributed by atoms with Gasteiger partial charge < -0.3 is 29.2 Å². The van der Waals surface area contributed by atoms with Gasteiger partial charge in [-0.05, 0) is 56.8 Å². The van der Waals surface area contributed by atoms with Crippen LogP contribution in [0.15, 0.2) is 47.1 Å². The molecule has 0 unspecified atom stereocenters. The minimum atomic E-state index is 0.440. The van der Waals surface area contributed by atoms with Crippen LogP contribution in [0.3, 0.4) is 0 Å². The minimum Gasteiger partial charge on any atom is -0.490 e. The van der Waals surface area contributed by atoms with Gasteiger partial charge in [0, 0.05) is 47.9 Å². The third-order valence-electron chi connectivity index (χ3n) is 6.06. The SMILES string of the molecule is CCOc1ccc(-c2nc(-c3cccc4[nH]cc(CNCCN(CC)CC)c34)no2)cc1OCC. The monoisotopic (exact) mass is 477 g/mol. The number of benzene rings is 2. The summed E-state index contributed by atoms with van der Waals surface area (Å²) in [5, 5.41) is 8.99. The predicted molar refractivity (Wildman–Crippen MR) is 139 cm³/mol. The Kier molecular flexibility index (Phi) is 8.39. The molecule has 4 aromatic rings. The number of likely N-dealkylation sites (N-methyl/N-ethyl adjacent to an activating group) is 1. The molecule has 0 fully saturated rings. The third kappa shape index (κ3) is 5.66. The zero-order valence-corrected chi connectivity index (χ0v) is 21.1. The maximum absolute atomic E-state index is 5.75. The average molecular weight is 478 g/mol. The zero-order chi connectivity index (χ0) is 24.6. The second-order valence-corrected chi connectivity index (χ2v) is 8.20. The Morgan fingerprint density at radius 3 is 2.57 bits per heavy atom. The molecule has 2 heterocycles. The lowest BCUT2D eigenvalue weighted by Gasteiger charge is -2.17. The summed E-state index contributed by atoms with van der Waals surface area (Å²) in [6.45, 7) is 14.2. The lowest BCUT2D eigenvalue weighted by Crippen LogP contribution is -2.31. The molecule has 0 aliphatic heterocycles. The van der Waals surface area contributed by atoms with E-state index in [1.807, 2.05) is 44.2 Å². The highest BCUT2D eigenvalue weighted by molar-refractivity contribution is 5.96. The lowest BCUT2D eigenvalue weighted by atomic mass is 10.1. The molecule has 0 saturated heterocycles. The molecule has 2 aromatic carbocycles. The summed E-state index contributed by atoms with van der Waals surface area (Å²) in [6, 6.07) is 11.8. The maximum Gasteiger partial charge on any atom is 0.258 e. The van der Waals surface area contributed by atoms with Crippen molar-refractivity contribution >= 4 is 10.9 Å². The van der Waals surface area contributed by atoms with E-state index in [0.717, 1.165) is 54.8 Å². The summed E-state index contributed by atoms with van der Waals surface area (Å²) in [5.74, 6) is 2.36. The summed E-state index contributed by atoms with van der Waals surface area (Å²) in [5.41, 5.74) is 3.96. The number of nitrogens with zero attached hydrogens (tertiary/aromatic N) is 3. The fourth-order valence-corrected chi connectivity index (χ4v) is 4.22. The van der Waals surface area contributed by atoms with Gasteiger partial charge in [-0.15, -0.1) is 0 Å². The number of fused-ring (bicyclic) bond motifs is 1. The van der Waals surface area contributed by atoms with Crippen molar-refractivity contribution in [1.29, 1.82) is 0 Å². The molecule has 0 atom stereocenters. The molecule has 2 aromatic heterocycles. The summed E-state index contributed by atoms with van der Waals surface area (Å²) in [4.78, 5) is 10.5. The zero-order valence-electron chi connectivity index (χ0n) is 21.1. The Morgan fingerprint density at radius 2 is 1.80 bits per heavy atom. The normalized spacial score (nSPS) is 11.5. The Bertz CT molecular complexity index is 1230. The molecule has 2 N–H and O–H groups in total. The molecular formula is C27H35N5O3. The standard InChI is InChI=1S/C27H35N5O3/c1-5-32(6-2)15-14-28-17-20-18-29-22-11-9-10-21(25(20)22)26-30-27(35-31-26)19-12-13-23(33-7-3)24(16-19)34-8-4/h9-13,16,18,28-29H,5-8,14-15,17H2,1-4H3. The first-order chi connectivity index (χ1) is 17.2. The molecule has 0 aliphatic carbocycles. The van der Waals surface area contributed by atoms with Crippen molar-refractivity contribution in [3.05, 3.63) is 48.2 Å². The number of H-pyrrole nitrogens is 1. The Morgan fingerprint density at radius 1 is 1.00 bits per heavy atom. The van der Waals surface area contributed by atoms with Crippen molar-refractivity contribution in [3.8, 4) is 34.3 Å². The molecule has 186 valence electrons. The lowest BCUT2D eigenvalue weighted by molar-refractivity contribution is 0.288. The van der Waals surface area contributed by atoms with Gasteiger partial charge in [0.05, 0.1) is 13.2 Å². The van der Waals surface area contributed by atoms with Gasteiger partial charge in [-0.25, -0.2) is 0 Å². The quantitative estimate of drug-likeness (QED) is 0.259. The fourth-order valence-electron chi connectivity index (χ4n) is 4.22. The number of aromatic nitrogens is 3. The van der Waals surface area contributed by atoms with E-state index in [4.69, 9.17) is 19.0 Å². The highest BCUT2D eigenvalue weighted by Gasteiger charge is 2.17. The van der Waals surface area contributed by atoms with Crippen LogP contribution in [0.4, 0.5) is 0 Å². The Labute approximate surface area is 206 Å². The van der Waals surface area contributed by atoms with Crippen LogP contribution < -0.4 is 14.8 Å². The van der Waals surface area contributed by atoms with Crippen molar-refractivity contribution < 1.29 is 14.0 Å². The van der Waals surface area contributed by atoms with Crippen LogP contribution in [0.1, 0.15) is 33.3 Å². The van der Waals surface area contributed by atoms with E-state index >= 15 is 0 Å². The van der Waals surface area contributed by atoms with Crippen LogP contribution in [0, 0.1) is 0 Å². The number of rotatable bonds is 13. The second kappa shape index (κ2) is 11.9. The fraction of sp³-hybridized carbons (Fsp3) is 0.407. The molecule has 0 aliphatic rings. The number of nitrogens with one attached hydrogen (secondary N) is 2. The van der Waals surface area contributed by atoms with Gasteiger partial charge >= 0.3 is 0 Å². The first-order valence-corrected chi connectivity index (χ1v) is 12.4. The van der Waals surface area contributed by atoms with E-state index in [9.17, 15) is 0 Å². The predicted octanol–water partition coefficient (Wildman–Crippen LogP) is 5.11. The Hall–Kier alpha value is -3.36. The van der Waals surface area contributed by atoms with E-state index in [1.54, 1.807) is 0 Å². The number of aromatic amines is 1.